The zero-order chi connectivity index (χ0) is 22.1. The first-order chi connectivity index (χ1) is 14.9. The van der Waals surface area contributed by atoms with Gasteiger partial charge in [-0.15, -0.1) is 0 Å². The minimum atomic E-state index is -0.516. The molecule has 3 aromatic heterocycles. The number of nitrogens with zero attached hydrogens (tertiary/aromatic N) is 4. The van der Waals surface area contributed by atoms with Crippen LogP contribution in [-0.2, 0) is 0 Å². The van der Waals surface area contributed by atoms with Crippen molar-refractivity contribution in [1.29, 1.82) is 5.26 Å². The van der Waals surface area contributed by atoms with Crippen LogP contribution in [0.3, 0.4) is 0 Å². The van der Waals surface area contributed by atoms with Gasteiger partial charge in [-0.05, 0) is 36.2 Å². The van der Waals surface area contributed by atoms with Crippen LogP contribution in [-0.4, -0.2) is 14.4 Å². The molecule has 0 aliphatic heterocycles. The van der Waals surface area contributed by atoms with E-state index in [0.717, 1.165) is 6.20 Å². The fourth-order valence-electron chi connectivity index (χ4n) is 3.49. The fraction of sp³-hybridized carbons (Fsp3) is 0.0909. The summed E-state index contributed by atoms with van der Waals surface area (Å²) in [5.74, 6) is -0.470. The van der Waals surface area contributed by atoms with Gasteiger partial charge in [-0.25, -0.2) is 4.39 Å². The minimum Gasteiger partial charge on any atom is -0.382 e. The third kappa shape index (κ3) is 3.62. The molecule has 9 heteroatoms. The Hall–Kier alpha value is -4.45. The van der Waals surface area contributed by atoms with Gasteiger partial charge in [0.1, 0.15) is 23.3 Å². The molecule has 0 fully saturated rings. The summed E-state index contributed by atoms with van der Waals surface area (Å²) in [6, 6.07) is 15.2. The Morgan fingerprint density at radius 1 is 1.16 bits per heavy atom. The molecule has 0 aliphatic rings. The van der Waals surface area contributed by atoms with Crippen molar-refractivity contribution >= 4 is 23.1 Å². The maximum absolute atomic E-state index is 13.8. The molecule has 4 aromatic rings. The molecular formula is C22H18FN7O. The number of nitrogens with one attached hydrogen (secondary N) is 1. The molecule has 1 atom stereocenters. The second kappa shape index (κ2) is 7.76. The smallest absolute Gasteiger partial charge is 0.263 e. The number of aromatic nitrogens is 3. The van der Waals surface area contributed by atoms with Crippen LogP contribution >= 0.6 is 0 Å². The molecule has 154 valence electrons. The number of benzene rings is 1. The van der Waals surface area contributed by atoms with Gasteiger partial charge in [-0.3, -0.25) is 9.20 Å². The SMILES string of the molecule is C[C@H](Nc1nc(N)nc(N)c1C#N)c1cc2ccc(F)cn2c(=O)c1-c1ccccc1. The molecule has 1 aromatic carbocycles. The van der Waals surface area contributed by atoms with Crippen molar-refractivity contribution < 1.29 is 4.39 Å². The number of rotatable bonds is 4. The first kappa shape index (κ1) is 19.8. The Labute approximate surface area is 176 Å². The van der Waals surface area contributed by atoms with E-state index < -0.39 is 11.9 Å². The van der Waals surface area contributed by atoms with Crippen molar-refractivity contribution in [1.82, 2.24) is 14.4 Å². The Balaban J connectivity index is 1.92. The normalized spacial score (nSPS) is 11.8. The van der Waals surface area contributed by atoms with Crippen LogP contribution in [0.15, 0.2) is 59.5 Å². The number of fused-ring (bicyclic) bond motifs is 1. The maximum atomic E-state index is 13.8. The average molecular weight is 415 g/mol. The largest absolute Gasteiger partial charge is 0.382 e. The highest BCUT2D eigenvalue weighted by molar-refractivity contribution is 5.72. The fourth-order valence-corrected chi connectivity index (χ4v) is 3.49. The Bertz CT molecular complexity index is 1390. The van der Waals surface area contributed by atoms with E-state index in [0.29, 0.717) is 22.2 Å². The van der Waals surface area contributed by atoms with E-state index in [9.17, 15) is 14.4 Å². The van der Waals surface area contributed by atoms with Crippen LogP contribution in [0.1, 0.15) is 24.1 Å². The van der Waals surface area contributed by atoms with Crippen LogP contribution < -0.4 is 22.3 Å². The summed E-state index contributed by atoms with van der Waals surface area (Å²) in [6.45, 7) is 1.82. The third-order valence-electron chi connectivity index (χ3n) is 4.92. The highest BCUT2D eigenvalue weighted by Crippen LogP contribution is 2.30. The molecular weight excluding hydrogens is 397 g/mol. The van der Waals surface area contributed by atoms with Crippen LogP contribution in [0.4, 0.5) is 22.0 Å². The molecule has 4 rings (SSSR count). The lowest BCUT2D eigenvalue weighted by atomic mass is 9.96. The Morgan fingerprint density at radius 3 is 2.61 bits per heavy atom. The summed E-state index contributed by atoms with van der Waals surface area (Å²) in [5, 5.41) is 12.6. The van der Waals surface area contributed by atoms with Crippen LogP contribution in [0, 0.1) is 17.1 Å². The lowest BCUT2D eigenvalue weighted by Gasteiger charge is -2.20. The van der Waals surface area contributed by atoms with Gasteiger partial charge in [0, 0.05) is 11.7 Å². The van der Waals surface area contributed by atoms with Gasteiger partial charge in [0.25, 0.3) is 5.56 Å². The van der Waals surface area contributed by atoms with Gasteiger partial charge >= 0.3 is 0 Å². The number of nitrogens with two attached hydrogens (primary N) is 2. The maximum Gasteiger partial charge on any atom is 0.263 e. The van der Waals surface area contributed by atoms with Crippen molar-refractivity contribution in [3.63, 3.8) is 0 Å². The third-order valence-corrected chi connectivity index (χ3v) is 4.92. The summed E-state index contributed by atoms with van der Waals surface area (Å²) in [4.78, 5) is 21.2. The summed E-state index contributed by atoms with van der Waals surface area (Å²) >= 11 is 0. The molecule has 3 heterocycles. The summed E-state index contributed by atoms with van der Waals surface area (Å²) in [5.41, 5.74) is 13.4. The molecule has 0 saturated heterocycles. The molecule has 0 unspecified atom stereocenters. The molecule has 8 nitrogen and oxygen atoms in total. The molecule has 31 heavy (non-hydrogen) atoms. The van der Waals surface area contributed by atoms with Gasteiger partial charge in [-0.1, -0.05) is 30.3 Å². The number of nitriles is 1. The number of pyridine rings is 2. The first-order valence-corrected chi connectivity index (χ1v) is 9.39. The monoisotopic (exact) mass is 415 g/mol. The van der Waals surface area contributed by atoms with Crippen LogP contribution in [0.2, 0.25) is 0 Å². The number of anilines is 3. The quantitative estimate of drug-likeness (QED) is 0.466. The highest BCUT2D eigenvalue weighted by Gasteiger charge is 2.20. The minimum absolute atomic E-state index is 0.0398. The van der Waals surface area contributed by atoms with Crippen LogP contribution in [0.25, 0.3) is 16.6 Å². The van der Waals surface area contributed by atoms with Crippen LogP contribution in [0.5, 0.6) is 0 Å². The van der Waals surface area contributed by atoms with Crippen molar-refractivity contribution in [3.8, 4) is 17.2 Å². The van der Waals surface area contributed by atoms with E-state index in [-0.39, 0.29) is 28.7 Å². The summed E-state index contributed by atoms with van der Waals surface area (Å²) in [6.07, 6.45) is 1.16. The lowest BCUT2D eigenvalue weighted by molar-refractivity contribution is 0.618. The van der Waals surface area contributed by atoms with E-state index >= 15 is 0 Å². The van der Waals surface area contributed by atoms with Gasteiger partial charge in [0.15, 0.2) is 5.82 Å². The summed E-state index contributed by atoms with van der Waals surface area (Å²) < 4.78 is 15.1. The first-order valence-electron chi connectivity index (χ1n) is 9.39. The Morgan fingerprint density at radius 2 is 1.90 bits per heavy atom. The zero-order valence-electron chi connectivity index (χ0n) is 16.5. The second-order valence-electron chi connectivity index (χ2n) is 6.96. The molecule has 5 N–H and O–H groups in total. The van der Waals surface area contributed by atoms with Gasteiger partial charge < -0.3 is 16.8 Å². The van der Waals surface area contributed by atoms with E-state index in [1.807, 2.05) is 31.2 Å². The zero-order valence-corrected chi connectivity index (χ0v) is 16.5. The van der Waals surface area contributed by atoms with E-state index in [4.69, 9.17) is 11.5 Å². The van der Waals surface area contributed by atoms with Crippen molar-refractivity contribution in [2.75, 3.05) is 16.8 Å². The molecule has 0 bridgehead atoms. The van der Waals surface area contributed by atoms with E-state index in [1.165, 1.54) is 16.5 Å². The van der Waals surface area contributed by atoms with Gasteiger partial charge in [0.2, 0.25) is 5.95 Å². The summed E-state index contributed by atoms with van der Waals surface area (Å²) in [7, 11) is 0. The molecule has 0 spiro atoms. The van der Waals surface area contributed by atoms with Gasteiger partial charge in [-0.2, -0.15) is 15.2 Å². The second-order valence-corrected chi connectivity index (χ2v) is 6.96. The van der Waals surface area contributed by atoms with Crippen molar-refractivity contribution in [2.45, 2.75) is 13.0 Å². The molecule has 0 saturated carbocycles. The van der Waals surface area contributed by atoms with Crippen molar-refractivity contribution in [3.05, 3.63) is 82.0 Å². The van der Waals surface area contributed by atoms with Gasteiger partial charge in [0.05, 0.1) is 11.6 Å². The standard InChI is InChI=1S/C22H18FN7O/c1-12(27-20-17(10-24)19(25)28-22(26)29-20)16-9-15-8-7-14(23)11-30(15)21(31)18(16)13-5-3-2-4-6-13/h2-9,11-12H,1H3,(H5,25,26,27,28,29)/t12-/m0/s1. The molecule has 0 radical (unpaired) electrons. The average Bonchev–Trinajstić information content (AvgIpc) is 2.74. The predicted octanol–water partition coefficient (Wildman–Crippen LogP) is 3.10. The van der Waals surface area contributed by atoms with E-state index in [2.05, 4.69) is 15.3 Å². The number of nitrogen functional groups attached to an aromatic ring is 2. The number of hydrogen-bond donors (Lipinski definition) is 3. The predicted molar refractivity (Wildman–Crippen MR) is 117 cm³/mol. The lowest BCUT2D eigenvalue weighted by Crippen LogP contribution is -2.21. The topological polar surface area (TPSA) is 135 Å². The van der Waals surface area contributed by atoms with E-state index in [1.54, 1.807) is 18.2 Å². The number of hydrogen-bond acceptors (Lipinski definition) is 7. The highest BCUT2D eigenvalue weighted by atomic mass is 19.1. The molecule has 0 amide bonds. The molecule has 0 aliphatic carbocycles. The number of halogens is 1. The van der Waals surface area contributed by atoms with Crippen molar-refractivity contribution in [2.24, 2.45) is 0 Å². The Kier molecular flexibility index (Phi) is 4.97.